The average Bonchev–Trinajstić information content (AvgIpc) is 2.61. The van der Waals surface area contributed by atoms with Gasteiger partial charge < -0.3 is 4.74 Å². The molecule has 0 spiro atoms. The fourth-order valence-corrected chi connectivity index (χ4v) is 1.49. The van der Waals surface area contributed by atoms with E-state index in [1.165, 1.54) is 16.9 Å². The van der Waals surface area contributed by atoms with Gasteiger partial charge in [-0.05, 0) is 20.8 Å². The molecule has 2 aromatic rings. The van der Waals surface area contributed by atoms with E-state index in [0.717, 1.165) is 0 Å². The van der Waals surface area contributed by atoms with E-state index < -0.39 is 11.7 Å². The maximum atomic E-state index is 11.7. The lowest BCUT2D eigenvalue weighted by Gasteiger charge is -2.19. The van der Waals surface area contributed by atoms with E-state index >= 15 is 0 Å². The van der Waals surface area contributed by atoms with Crippen LogP contribution in [0.3, 0.4) is 0 Å². The number of anilines is 1. The highest BCUT2D eigenvalue weighted by Gasteiger charge is 2.18. The van der Waals surface area contributed by atoms with Gasteiger partial charge in [0.15, 0.2) is 5.15 Å². The normalized spacial score (nSPS) is 11.6. The predicted octanol–water partition coefficient (Wildman–Crippen LogP) is 2.12. The second kappa shape index (κ2) is 4.41. The molecule has 2 aromatic heterocycles. The SMILES string of the molecule is CC(C)(C)OC(=O)Nc1cc(Cl)nn2cnnc12. The summed E-state index contributed by atoms with van der Waals surface area (Å²) >= 11 is 5.82. The van der Waals surface area contributed by atoms with Crippen molar-refractivity contribution in [3.63, 3.8) is 0 Å². The number of rotatable bonds is 1. The molecule has 1 N–H and O–H groups in total. The standard InChI is InChI=1S/C10H12ClN5O2/c1-10(2,3)18-9(17)13-6-4-7(11)15-16-5-12-14-8(6)16/h4-5H,1-3H3,(H,13,17). The van der Waals surface area contributed by atoms with Crippen molar-refractivity contribution < 1.29 is 9.53 Å². The largest absolute Gasteiger partial charge is 0.444 e. The van der Waals surface area contributed by atoms with Gasteiger partial charge in [0, 0.05) is 6.07 Å². The molecule has 96 valence electrons. The monoisotopic (exact) mass is 269 g/mol. The van der Waals surface area contributed by atoms with Crippen molar-refractivity contribution in [3.05, 3.63) is 17.5 Å². The second-order valence-corrected chi connectivity index (χ2v) is 4.99. The number of carbonyl (C=O) groups excluding carboxylic acids is 1. The van der Waals surface area contributed by atoms with Gasteiger partial charge in [-0.15, -0.1) is 10.2 Å². The highest BCUT2D eigenvalue weighted by atomic mass is 35.5. The van der Waals surface area contributed by atoms with Crippen LogP contribution in [0.15, 0.2) is 12.4 Å². The number of hydrogen-bond donors (Lipinski definition) is 1. The molecule has 0 aliphatic carbocycles. The summed E-state index contributed by atoms with van der Waals surface area (Å²) in [4.78, 5) is 11.7. The average molecular weight is 270 g/mol. The Morgan fingerprint density at radius 1 is 1.50 bits per heavy atom. The summed E-state index contributed by atoms with van der Waals surface area (Å²) in [7, 11) is 0. The van der Waals surface area contributed by atoms with Crippen molar-refractivity contribution in [1.82, 2.24) is 19.8 Å². The molecule has 0 saturated carbocycles. The summed E-state index contributed by atoms with van der Waals surface area (Å²) in [6.45, 7) is 5.33. The van der Waals surface area contributed by atoms with Crippen LogP contribution in [0.25, 0.3) is 5.65 Å². The van der Waals surface area contributed by atoms with Gasteiger partial charge in [0.05, 0.1) is 5.69 Å². The van der Waals surface area contributed by atoms with E-state index in [-0.39, 0.29) is 5.15 Å². The van der Waals surface area contributed by atoms with Gasteiger partial charge in [0.25, 0.3) is 0 Å². The molecule has 2 heterocycles. The van der Waals surface area contributed by atoms with Crippen molar-refractivity contribution in [2.45, 2.75) is 26.4 Å². The molecular weight excluding hydrogens is 258 g/mol. The fourth-order valence-electron chi connectivity index (χ4n) is 1.30. The summed E-state index contributed by atoms with van der Waals surface area (Å²) in [6, 6.07) is 1.48. The Bertz CT molecular complexity index is 589. The first-order chi connectivity index (χ1) is 8.35. The number of nitrogens with zero attached hydrogens (tertiary/aromatic N) is 4. The van der Waals surface area contributed by atoms with Gasteiger partial charge in [-0.3, -0.25) is 5.32 Å². The number of hydrogen-bond acceptors (Lipinski definition) is 5. The minimum absolute atomic E-state index is 0.216. The lowest BCUT2D eigenvalue weighted by molar-refractivity contribution is 0.0636. The Morgan fingerprint density at radius 3 is 2.89 bits per heavy atom. The third kappa shape index (κ3) is 2.86. The maximum absolute atomic E-state index is 11.7. The van der Waals surface area contributed by atoms with Crippen LogP contribution in [0.5, 0.6) is 0 Å². The number of carbonyl (C=O) groups is 1. The third-order valence-electron chi connectivity index (χ3n) is 1.87. The molecule has 0 radical (unpaired) electrons. The summed E-state index contributed by atoms with van der Waals surface area (Å²) in [5.74, 6) is 0. The third-order valence-corrected chi connectivity index (χ3v) is 2.06. The van der Waals surface area contributed by atoms with E-state index in [1.807, 2.05) is 0 Å². The van der Waals surface area contributed by atoms with Gasteiger partial charge in [0.2, 0.25) is 5.65 Å². The maximum Gasteiger partial charge on any atom is 0.412 e. The number of fused-ring (bicyclic) bond motifs is 1. The Hall–Kier alpha value is -1.89. The molecule has 1 amide bonds. The van der Waals surface area contributed by atoms with Gasteiger partial charge in [-0.1, -0.05) is 11.6 Å². The lowest BCUT2D eigenvalue weighted by atomic mass is 10.2. The summed E-state index contributed by atoms with van der Waals surface area (Å²) in [6.07, 6.45) is 0.802. The summed E-state index contributed by atoms with van der Waals surface area (Å²) in [5.41, 5.74) is 0.206. The van der Waals surface area contributed by atoms with Crippen molar-refractivity contribution in [2.75, 3.05) is 5.32 Å². The molecule has 0 saturated heterocycles. The van der Waals surface area contributed by atoms with Crippen molar-refractivity contribution in [2.24, 2.45) is 0 Å². The molecule has 0 aliphatic heterocycles. The predicted molar refractivity (Wildman–Crippen MR) is 65.6 cm³/mol. The molecular formula is C10H12ClN5O2. The minimum Gasteiger partial charge on any atom is -0.444 e. The minimum atomic E-state index is -0.588. The number of amides is 1. The van der Waals surface area contributed by atoms with Crippen molar-refractivity contribution in [3.8, 4) is 0 Å². The van der Waals surface area contributed by atoms with Gasteiger partial charge in [0.1, 0.15) is 11.9 Å². The number of ether oxygens (including phenoxy) is 1. The second-order valence-electron chi connectivity index (χ2n) is 4.61. The smallest absolute Gasteiger partial charge is 0.412 e. The molecule has 0 unspecified atom stereocenters. The van der Waals surface area contributed by atoms with E-state index in [0.29, 0.717) is 11.3 Å². The van der Waals surface area contributed by atoms with Crippen molar-refractivity contribution >= 4 is 29.0 Å². The zero-order valence-electron chi connectivity index (χ0n) is 10.1. The van der Waals surface area contributed by atoms with Crippen LogP contribution in [-0.2, 0) is 4.74 Å². The molecule has 0 aromatic carbocycles. The first kappa shape index (κ1) is 12.6. The molecule has 0 bridgehead atoms. The molecule has 0 fully saturated rings. The van der Waals surface area contributed by atoms with Crippen LogP contribution in [0.1, 0.15) is 20.8 Å². The van der Waals surface area contributed by atoms with E-state index in [2.05, 4.69) is 20.6 Å². The van der Waals surface area contributed by atoms with E-state index in [9.17, 15) is 4.79 Å². The lowest BCUT2D eigenvalue weighted by Crippen LogP contribution is -2.27. The van der Waals surface area contributed by atoms with Crippen LogP contribution < -0.4 is 5.32 Å². The zero-order chi connectivity index (χ0) is 13.3. The van der Waals surface area contributed by atoms with E-state index in [4.69, 9.17) is 16.3 Å². The van der Waals surface area contributed by atoms with Crippen molar-refractivity contribution in [1.29, 1.82) is 0 Å². The zero-order valence-corrected chi connectivity index (χ0v) is 10.9. The first-order valence-electron chi connectivity index (χ1n) is 5.22. The van der Waals surface area contributed by atoms with Crippen LogP contribution in [0.4, 0.5) is 10.5 Å². The Balaban J connectivity index is 2.26. The Kier molecular flexibility index (Phi) is 3.08. The first-order valence-corrected chi connectivity index (χ1v) is 5.59. The van der Waals surface area contributed by atoms with Crippen LogP contribution in [0.2, 0.25) is 5.15 Å². The van der Waals surface area contributed by atoms with Crippen LogP contribution in [0, 0.1) is 0 Å². The molecule has 18 heavy (non-hydrogen) atoms. The van der Waals surface area contributed by atoms with E-state index in [1.54, 1.807) is 20.8 Å². The van der Waals surface area contributed by atoms with Gasteiger partial charge in [-0.2, -0.15) is 9.61 Å². The molecule has 2 rings (SSSR count). The van der Waals surface area contributed by atoms with Gasteiger partial charge in [-0.25, -0.2) is 4.79 Å². The highest BCUT2D eigenvalue weighted by molar-refractivity contribution is 6.29. The number of halogens is 1. The summed E-state index contributed by atoms with van der Waals surface area (Å²) < 4.78 is 6.51. The molecule has 7 nitrogen and oxygen atoms in total. The summed E-state index contributed by atoms with van der Waals surface area (Å²) in [5, 5.41) is 14.2. The Labute approximate surface area is 108 Å². The molecule has 0 aliphatic rings. The Morgan fingerprint density at radius 2 is 2.22 bits per heavy atom. The molecule has 8 heteroatoms. The highest BCUT2D eigenvalue weighted by Crippen LogP contribution is 2.19. The number of aromatic nitrogens is 4. The van der Waals surface area contributed by atoms with Crippen LogP contribution >= 0.6 is 11.6 Å². The fraction of sp³-hybridized carbons (Fsp3) is 0.400. The van der Waals surface area contributed by atoms with Gasteiger partial charge >= 0.3 is 6.09 Å². The topological polar surface area (TPSA) is 81.4 Å². The number of nitrogens with one attached hydrogen (secondary N) is 1. The quantitative estimate of drug-likeness (QED) is 0.857. The van der Waals surface area contributed by atoms with Crippen LogP contribution in [-0.4, -0.2) is 31.5 Å². The molecule has 0 atom stereocenters.